The van der Waals surface area contributed by atoms with E-state index in [0.29, 0.717) is 43.3 Å². The lowest BCUT2D eigenvalue weighted by Gasteiger charge is -2.50. The van der Waals surface area contributed by atoms with E-state index in [1.807, 2.05) is 0 Å². The highest BCUT2D eigenvalue weighted by atomic mass is 16.5. The maximum atomic E-state index is 12.6. The fourth-order valence-corrected chi connectivity index (χ4v) is 4.07. The molecular formula is C21H23N3O4. The van der Waals surface area contributed by atoms with Crippen LogP contribution in [0.3, 0.4) is 0 Å². The monoisotopic (exact) mass is 381 g/mol. The van der Waals surface area contributed by atoms with Gasteiger partial charge >= 0.3 is 0 Å². The van der Waals surface area contributed by atoms with Gasteiger partial charge in [-0.1, -0.05) is 6.07 Å². The summed E-state index contributed by atoms with van der Waals surface area (Å²) >= 11 is 0. The van der Waals surface area contributed by atoms with Gasteiger partial charge in [0.15, 0.2) is 0 Å². The molecule has 1 spiro atoms. The zero-order valence-corrected chi connectivity index (χ0v) is 15.5. The first kappa shape index (κ1) is 18.4. The number of ether oxygens (including phenoxy) is 1. The van der Waals surface area contributed by atoms with Crippen LogP contribution in [0.2, 0.25) is 0 Å². The number of carbonyl (C=O) groups is 2. The first-order chi connectivity index (χ1) is 13.6. The molecule has 1 atom stereocenters. The SMILES string of the molecule is O=C(NCCC1CCOC12CN(C(=O)c1cccc(O)c1)C2)c1cccnc1. The first-order valence-electron chi connectivity index (χ1n) is 9.48. The van der Waals surface area contributed by atoms with Crippen molar-refractivity contribution in [2.24, 2.45) is 5.92 Å². The Morgan fingerprint density at radius 3 is 2.82 bits per heavy atom. The second-order valence-corrected chi connectivity index (χ2v) is 7.40. The van der Waals surface area contributed by atoms with Crippen LogP contribution in [0.5, 0.6) is 5.75 Å². The molecule has 0 bridgehead atoms. The van der Waals surface area contributed by atoms with Gasteiger partial charge in [-0.3, -0.25) is 14.6 Å². The van der Waals surface area contributed by atoms with Gasteiger partial charge < -0.3 is 20.1 Å². The van der Waals surface area contributed by atoms with Crippen LogP contribution in [0.15, 0.2) is 48.8 Å². The molecule has 7 nitrogen and oxygen atoms in total. The number of aromatic hydroxyl groups is 1. The minimum Gasteiger partial charge on any atom is -0.508 e. The number of hydrogen-bond acceptors (Lipinski definition) is 5. The number of benzene rings is 1. The van der Waals surface area contributed by atoms with Crippen molar-refractivity contribution in [2.75, 3.05) is 26.2 Å². The Bertz CT molecular complexity index is 865. The topological polar surface area (TPSA) is 91.8 Å². The average molecular weight is 381 g/mol. The molecule has 4 rings (SSSR count). The molecule has 0 aliphatic carbocycles. The summed E-state index contributed by atoms with van der Waals surface area (Å²) in [6.07, 6.45) is 4.92. The van der Waals surface area contributed by atoms with E-state index in [4.69, 9.17) is 4.74 Å². The molecular weight excluding hydrogens is 358 g/mol. The largest absolute Gasteiger partial charge is 0.508 e. The molecule has 2 amide bonds. The summed E-state index contributed by atoms with van der Waals surface area (Å²) in [4.78, 5) is 30.4. The molecule has 2 aromatic rings. The number of phenolic OH excluding ortho intramolecular Hbond substituents is 1. The molecule has 2 aliphatic rings. The number of rotatable bonds is 5. The summed E-state index contributed by atoms with van der Waals surface area (Å²) in [5, 5.41) is 12.5. The summed E-state index contributed by atoms with van der Waals surface area (Å²) in [5.74, 6) is 0.159. The molecule has 1 unspecified atom stereocenters. The minimum atomic E-state index is -0.314. The van der Waals surface area contributed by atoms with Gasteiger partial charge in [0.25, 0.3) is 11.8 Å². The van der Waals surface area contributed by atoms with Gasteiger partial charge in [0.05, 0.1) is 18.7 Å². The standard InChI is InChI=1S/C21H23N3O4/c25-18-5-1-3-15(11-18)20(27)24-13-21(14-24)17(7-10-28-21)6-9-23-19(26)16-4-2-8-22-12-16/h1-5,8,11-12,17,25H,6-7,9-10,13-14H2,(H,23,26). The molecule has 3 heterocycles. The summed E-state index contributed by atoms with van der Waals surface area (Å²) < 4.78 is 6.01. The summed E-state index contributed by atoms with van der Waals surface area (Å²) in [6.45, 7) is 2.32. The summed E-state index contributed by atoms with van der Waals surface area (Å²) in [5.41, 5.74) is 0.713. The third-order valence-electron chi connectivity index (χ3n) is 5.60. The van der Waals surface area contributed by atoms with E-state index >= 15 is 0 Å². The lowest BCUT2D eigenvalue weighted by atomic mass is 9.78. The van der Waals surface area contributed by atoms with E-state index in [9.17, 15) is 14.7 Å². The minimum absolute atomic E-state index is 0.0837. The van der Waals surface area contributed by atoms with Crippen LogP contribution in [-0.2, 0) is 4.74 Å². The Morgan fingerprint density at radius 2 is 2.07 bits per heavy atom. The molecule has 2 aliphatic heterocycles. The van der Waals surface area contributed by atoms with E-state index in [-0.39, 0.29) is 23.2 Å². The van der Waals surface area contributed by atoms with E-state index < -0.39 is 0 Å². The quantitative estimate of drug-likeness (QED) is 0.825. The van der Waals surface area contributed by atoms with E-state index in [2.05, 4.69) is 10.3 Å². The van der Waals surface area contributed by atoms with Crippen LogP contribution in [0.25, 0.3) is 0 Å². The van der Waals surface area contributed by atoms with E-state index in [0.717, 1.165) is 12.8 Å². The van der Waals surface area contributed by atoms with Gasteiger partial charge in [0.2, 0.25) is 0 Å². The maximum absolute atomic E-state index is 12.6. The molecule has 146 valence electrons. The van der Waals surface area contributed by atoms with Crippen LogP contribution >= 0.6 is 0 Å². The fourth-order valence-electron chi connectivity index (χ4n) is 4.07. The van der Waals surface area contributed by atoms with Gasteiger partial charge in [0, 0.05) is 31.1 Å². The predicted molar refractivity (Wildman–Crippen MR) is 102 cm³/mol. The van der Waals surface area contributed by atoms with Crippen molar-refractivity contribution in [3.63, 3.8) is 0 Å². The number of likely N-dealkylation sites (tertiary alicyclic amines) is 1. The van der Waals surface area contributed by atoms with Crippen LogP contribution in [0.1, 0.15) is 33.6 Å². The predicted octanol–water partition coefficient (Wildman–Crippen LogP) is 1.84. The van der Waals surface area contributed by atoms with Crippen molar-refractivity contribution < 1.29 is 19.4 Å². The molecule has 2 fully saturated rings. The number of amides is 2. The van der Waals surface area contributed by atoms with E-state index in [1.165, 1.54) is 6.07 Å². The van der Waals surface area contributed by atoms with Crippen molar-refractivity contribution in [1.82, 2.24) is 15.2 Å². The van der Waals surface area contributed by atoms with Gasteiger partial charge in [-0.2, -0.15) is 0 Å². The summed E-state index contributed by atoms with van der Waals surface area (Å²) in [7, 11) is 0. The Balaban J connectivity index is 1.30. The maximum Gasteiger partial charge on any atom is 0.254 e. The molecule has 2 N–H and O–H groups in total. The normalized spacial score (nSPS) is 20.0. The van der Waals surface area contributed by atoms with Crippen LogP contribution < -0.4 is 5.32 Å². The van der Waals surface area contributed by atoms with Crippen molar-refractivity contribution in [3.8, 4) is 5.75 Å². The summed E-state index contributed by atoms with van der Waals surface area (Å²) in [6, 6.07) is 9.87. The Hall–Kier alpha value is -2.93. The second kappa shape index (κ2) is 7.59. The third kappa shape index (κ3) is 3.57. The van der Waals surface area contributed by atoms with Gasteiger partial charge in [-0.15, -0.1) is 0 Å². The number of carbonyl (C=O) groups excluding carboxylic acids is 2. The number of nitrogens with zero attached hydrogens (tertiary/aromatic N) is 2. The molecule has 0 radical (unpaired) electrons. The lowest BCUT2D eigenvalue weighted by molar-refractivity contribution is -0.117. The molecule has 28 heavy (non-hydrogen) atoms. The van der Waals surface area contributed by atoms with Crippen molar-refractivity contribution in [1.29, 1.82) is 0 Å². The second-order valence-electron chi connectivity index (χ2n) is 7.40. The van der Waals surface area contributed by atoms with E-state index in [1.54, 1.807) is 47.6 Å². The molecule has 0 saturated carbocycles. The Labute approximate surface area is 163 Å². The molecule has 7 heteroatoms. The average Bonchev–Trinajstić information content (AvgIpc) is 3.11. The molecule has 1 aromatic carbocycles. The van der Waals surface area contributed by atoms with Crippen LogP contribution in [0.4, 0.5) is 0 Å². The van der Waals surface area contributed by atoms with Crippen LogP contribution in [0, 0.1) is 5.92 Å². The van der Waals surface area contributed by atoms with Crippen molar-refractivity contribution in [3.05, 3.63) is 59.9 Å². The number of phenols is 1. The number of pyridine rings is 1. The zero-order valence-electron chi connectivity index (χ0n) is 15.5. The van der Waals surface area contributed by atoms with Gasteiger partial charge in [0.1, 0.15) is 11.4 Å². The fraction of sp³-hybridized carbons (Fsp3) is 0.381. The lowest BCUT2D eigenvalue weighted by Crippen LogP contribution is -2.66. The molecule has 1 aromatic heterocycles. The van der Waals surface area contributed by atoms with Gasteiger partial charge in [-0.05, 0) is 49.1 Å². The van der Waals surface area contributed by atoms with Crippen molar-refractivity contribution >= 4 is 11.8 Å². The van der Waals surface area contributed by atoms with Crippen LogP contribution in [-0.4, -0.2) is 58.6 Å². The Morgan fingerprint density at radius 1 is 1.25 bits per heavy atom. The number of hydrogen-bond donors (Lipinski definition) is 2. The van der Waals surface area contributed by atoms with Crippen molar-refractivity contribution in [2.45, 2.75) is 18.4 Å². The highest BCUT2D eigenvalue weighted by Gasteiger charge is 2.54. The zero-order chi connectivity index (χ0) is 19.6. The number of nitrogens with one attached hydrogen (secondary N) is 1. The smallest absolute Gasteiger partial charge is 0.254 e. The number of aromatic nitrogens is 1. The first-order valence-corrected chi connectivity index (χ1v) is 9.48. The highest BCUT2D eigenvalue weighted by molar-refractivity contribution is 5.95. The molecule has 2 saturated heterocycles. The highest BCUT2D eigenvalue weighted by Crippen LogP contribution is 2.42. The third-order valence-corrected chi connectivity index (χ3v) is 5.60. The van der Waals surface area contributed by atoms with Gasteiger partial charge in [-0.25, -0.2) is 0 Å². The Kier molecular flexibility index (Phi) is 5.00.